The monoisotopic (exact) mass is 291 g/mol. The standard InChI is InChI=1S/C15H14ClNO3/c16-10-6-9(3-4-11(10)18)17-14(19)12-7-1-2-8(5-7)13(12)15(17)20/h3-4,6-8,12-13,18H,1-2,5H2/t7-,8+,12-,13+. The Balaban J connectivity index is 1.74. The van der Waals surface area contributed by atoms with Gasteiger partial charge in [-0.05, 0) is 49.3 Å². The van der Waals surface area contributed by atoms with E-state index in [2.05, 4.69) is 0 Å². The number of benzene rings is 1. The van der Waals surface area contributed by atoms with E-state index in [0.717, 1.165) is 19.3 Å². The second-order valence-electron chi connectivity index (χ2n) is 6.03. The van der Waals surface area contributed by atoms with Gasteiger partial charge in [0.15, 0.2) is 0 Å². The number of halogens is 1. The van der Waals surface area contributed by atoms with Gasteiger partial charge < -0.3 is 5.11 Å². The van der Waals surface area contributed by atoms with Gasteiger partial charge in [-0.3, -0.25) is 9.59 Å². The fourth-order valence-electron chi connectivity index (χ4n) is 4.30. The fraction of sp³-hybridized carbons (Fsp3) is 0.467. The van der Waals surface area contributed by atoms with Crippen LogP contribution >= 0.6 is 11.6 Å². The molecule has 104 valence electrons. The van der Waals surface area contributed by atoms with Crippen molar-refractivity contribution in [2.75, 3.05) is 4.90 Å². The maximum Gasteiger partial charge on any atom is 0.237 e. The van der Waals surface area contributed by atoms with Gasteiger partial charge in [-0.1, -0.05) is 11.6 Å². The van der Waals surface area contributed by atoms with Crippen molar-refractivity contribution in [2.24, 2.45) is 23.7 Å². The largest absolute Gasteiger partial charge is 0.506 e. The highest BCUT2D eigenvalue weighted by Gasteiger charge is 2.61. The lowest BCUT2D eigenvalue weighted by Gasteiger charge is -2.19. The molecular formula is C15H14ClNO3. The van der Waals surface area contributed by atoms with Crippen molar-refractivity contribution in [3.8, 4) is 5.75 Å². The van der Waals surface area contributed by atoms with Gasteiger partial charge in [-0.25, -0.2) is 4.90 Å². The number of fused-ring (bicyclic) bond motifs is 5. The summed E-state index contributed by atoms with van der Waals surface area (Å²) in [5.41, 5.74) is 0.469. The molecule has 1 aromatic rings. The normalized spacial score (nSPS) is 35.0. The summed E-state index contributed by atoms with van der Waals surface area (Å²) in [5, 5.41) is 9.61. The number of aromatic hydroxyl groups is 1. The number of amides is 2. The lowest BCUT2D eigenvalue weighted by atomic mass is 9.81. The Hall–Kier alpha value is -1.55. The number of hydrogen-bond acceptors (Lipinski definition) is 3. The molecule has 4 rings (SSSR count). The Morgan fingerprint density at radius 2 is 1.70 bits per heavy atom. The highest BCUT2D eigenvalue weighted by atomic mass is 35.5. The van der Waals surface area contributed by atoms with Gasteiger partial charge in [0.25, 0.3) is 0 Å². The molecular weight excluding hydrogens is 278 g/mol. The van der Waals surface area contributed by atoms with Crippen molar-refractivity contribution in [1.82, 2.24) is 0 Å². The molecule has 1 aromatic carbocycles. The molecule has 3 aliphatic rings. The van der Waals surface area contributed by atoms with Crippen molar-refractivity contribution in [3.05, 3.63) is 23.2 Å². The van der Waals surface area contributed by atoms with E-state index in [1.54, 1.807) is 6.07 Å². The van der Waals surface area contributed by atoms with Crippen molar-refractivity contribution >= 4 is 29.1 Å². The van der Waals surface area contributed by atoms with E-state index < -0.39 is 0 Å². The third kappa shape index (κ3) is 1.43. The van der Waals surface area contributed by atoms with Crippen LogP contribution in [0.2, 0.25) is 5.02 Å². The molecule has 5 heteroatoms. The number of nitrogens with zero attached hydrogens (tertiary/aromatic N) is 1. The van der Waals surface area contributed by atoms with Crippen molar-refractivity contribution in [1.29, 1.82) is 0 Å². The number of hydrogen-bond donors (Lipinski definition) is 1. The van der Waals surface area contributed by atoms with E-state index in [-0.39, 0.29) is 34.4 Å². The molecule has 0 spiro atoms. The summed E-state index contributed by atoms with van der Waals surface area (Å²) in [4.78, 5) is 26.4. The van der Waals surface area contributed by atoms with Crippen LogP contribution in [0, 0.1) is 23.7 Å². The van der Waals surface area contributed by atoms with Crippen LogP contribution in [0.3, 0.4) is 0 Å². The topological polar surface area (TPSA) is 57.6 Å². The second-order valence-corrected chi connectivity index (χ2v) is 6.44. The average Bonchev–Trinajstić information content (AvgIpc) is 3.08. The second kappa shape index (κ2) is 3.98. The summed E-state index contributed by atoms with van der Waals surface area (Å²) in [6.07, 6.45) is 3.15. The zero-order valence-electron chi connectivity index (χ0n) is 10.8. The molecule has 1 heterocycles. The Bertz CT molecular complexity index is 602. The molecule has 2 bridgehead atoms. The highest BCUT2D eigenvalue weighted by Crippen LogP contribution is 2.56. The first kappa shape index (κ1) is 12.2. The number of phenolic OH excluding ortho intramolecular Hbond substituents is 1. The van der Waals surface area contributed by atoms with Crippen LogP contribution in [0.4, 0.5) is 5.69 Å². The average molecular weight is 292 g/mol. The first-order valence-corrected chi connectivity index (χ1v) is 7.32. The molecule has 4 nitrogen and oxygen atoms in total. The number of imide groups is 1. The molecule has 0 radical (unpaired) electrons. The lowest BCUT2D eigenvalue weighted by molar-refractivity contribution is -0.123. The van der Waals surface area contributed by atoms with Crippen molar-refractivity contribution < 1.29 is 14.7 Å². The Morgan fingerprint density at radius 3 is 2.25 bits per heavy atom. The summed E-state index contributed by atoms with van der Waals surface area (Å²) >= 11 is 5.88. The van der Waals surface area contributed by atoms with Gasteiger partial charge in [-0.2, -0.15) is 0 Å². The van der Waals surface area contributed by atoms with Crippen LogP contribution < -0.4 is 4.90 Å². The SMILES string of the molecule is O=C1[C@@H]2[C@@H]3CC[C@@H](C3)[C@@H]2C(=O)N1c1ccc(O)c(Cl)c1. The van der Waals surface area contributed by atoms with Crippen LogP contribution in [-0.4, -0.2) is 16.9 Å². The zero-order chi connectivity index (χ0) is 14.0. The van der Waals surface area contributed by atoms with E-state index in [1.165, 1.54) is 17.0 Å². The molecule has 1 aliphatic heterocycles. The quantitative estimate of drug-likeness (QED) is 0.809. The van der Waals surface area contributed by atoms with Crippen LogP contribution in [0.1, 0.15) is 19.3 Å². The summed E-state index contributed by atoms with van der Waals surface area (Å²) < 4.78 is 0. The number of anilines is 1. The third-order valence-corrected chi connectivity index (χ3v) is 5.42. The van der Waals surface area contributed by atoms with Crippen LogP contribution in [0.15, 0.2) is 18.2 Å². The van der Waals surface area contributed by atoms with Crippen LogP contribution in [0.5, 0.6) is 5.75 Å². The number of phenols is 1. The summed E-state index contributed by atoms with van der Waals surface area (Å²) in [6.45, 7) is 0. The lowest BCUT2D eigenvalue weighted by Crippen LogP contribution is -2.32. The summed E-state index contributed by atoms with van der Waals surface area (Å²) in [5.74, 6) is 0.262. The van der Waals surface area contributed by atoms with E-state index >= 15 is 0 Å². The summed E-state index contributed by atoms with van der Waals surface area (Å²) in [6, 6.07) is 4.47. The van der Waals surface area contributed by atoms with Gasteiger partial charge in [0, 0.05) is 0 Å². The Kier molecular flexibility index (Phi) is 2.43. The van der Waals surface area contributed by atoms with E-state index in [4.69, 9.17) is 11.6 Å². The molecule has 2 amide bonds. The zero-order valence-corrected chi connectivity index (χ0v) is 11.5. The summed E-state index contributed by atoms with van der Waals surface area (Å²) in [7, 11) is 0. The minimum Gasteiger partial charge on any atom is -0.506 e. The predicted molar refractivity (Wildman–Crippen MR) is 73.4 cm³/mol. The molecule has 0 aromatic heterocycles. The molecule has 1 N–H and O–H groups in total. The maximum absolute atomic E-state index is 12.6. The van der Waals surface area contributed by atoms with Gasteiger partial charge in [0.05, 0.1) is 22.5 Å². The Morgan fingerprint density at radius 1 is 1.10 bits per heavy atom. The molecule has 20 heavy (non-hydrogen) atoms. The number of carbonyl (C=O) groups is 2. The van der Waals surface area contributed by atoms with Crippen molar-refractivity contribution in [2.45, 2.75) is 19.3 Å². The van der Waals surface area contributed by atoms with Crippen molar-refractivity contribution in [3.63, 3.8) is 0 Å². The van der Waals surface area contributed by atoms with E-state index in [1.807, 2.05) is 0 Å². The number of carbonyl (C=O) groups excluding carboxylic acids is 2. The molecule has 4 atom stereocenters. The smallest absolute Gasteiger partial charge is 0.237 e. The van der Waals surface area contributed by atoms with Gasteiger partial charge in [0.1, 0.15) is 5.75 Å². The minimum absolute atomic E-state index is 0.0465. The van der Waals surface area contributed by atoms with E-state index in [0.29, 0.717) is 17.5 Å². The van der Waals surface area contributed by atoms with Gasteiger partial charge in [0.2, 0.25) is 11.8 Å². The first-order valence-electron chi connectivity index (χ1n) is 6.94. The molecule has 2 aliphatic carbocycles. The molecule has 0 unspecified atom stereocenters. The van der Waals surface area contributed by atoms with Crippen LogP contribution in [-0.2, 0) is 9.59 Å². The van der Waals surface area contributed by atoms with E-state index in [9.17, 15) is 14.7 Å². The van der Waals surface area contributed by atoms with Gasteiger partial charge >= 0.3 is 0 Å². The third-order valence-electron chi connectivity index (χ3n) is 5.12. The predicted octanol–water partition coefficient (Wildman–Crippen LogP) is 2.58. The Labute approximate surface area is 121 Å². The minimum atomic E-state index is -0.131. The molecule has 2 saturated carbocycles. The number of rotatable bonds is 1. The fourth-order valence-corrected chi connectivity index (χ4v) is 4.47. The first-order chi connectivity index (χ1) is 9.58. The van der Waals surface area contributed by atoms with Crippen LogP contribution in [0.25, 0.3) is 0 Å². The van der Waals surface area contributed by atoms with Gasteiger partial charge in [-0.15, -0.1) is 0 Å². The molecule has 3 fully saturated rings. The molecule has 1 saturated heterocycles. The maximum atomic E-state index is 12.6. The highest BCUT2D eigenvalue weighted by molar-refractivity contribution is 6.32.